The molecule has 0 amide bonds. The molecule has 0 unspecified atom stereocenters. The largest absolute Gasteiger partial charge is 0.573 e. The molecule has 136 valence electrons. The molecule has 0 atom stereocenters. The van der Waals surface area contributed by atoms with Crippen LogP contribution in [0.2, 0.25) is 0 Å². The van der Waals surface area contributed by atoms with Crippen LogP contribution in [-0.2, 0) is 6.42 Å². The van der Waals surface area contributed by atoms with E-state index in [0.717, 1.165) is 28.6 Å². The van der Waals surface area contributed by atoms with Gasteiger partial charge in [-0.3, -0.25) is 0 Å². The van der Waals surface area contributed by atoms with Crippen molar-refractivity contribution in [1.29, 1.82) is 0 Å². The van der Waals surface area contributed by atoms with E-state index in [0.29, 0.717) is 17.8 Å². The Morgan fingerprint density at radius 3 is 2.58 bits per heavy atom. The van der Waals surface area contributed by atoms with Crippen molar-refractivity contribution < 1.29 is 17.9 Å². The second-order valence-electron chi connectivity index (χ2n) is 6.09. The Hall–Kier alpha value is -2.76. The summed E-state index contributed by atoms with van der Waals surface area (Å²) in [6.45, 7) is 3.73. The highest BCUT2D eigenvalue weighted by Gasteiger charge is 2.31. The van der Waals surface area contributed by atoms with Gasteiger partial charge in [-0.1, -0.05) is 31.5 Å². The molecule has 1 N–H and O–H groups in total. The highest BCUT2D eigenvalue weighted by atomic mass is 19.4. The molecule has 1 heterocycles. The van der Waals surface area contributed by atoms with E-state index in [1.54, 1.807) is 6.92 Å². The van der Waals surface area contributed by atoms with Crippen LogP contribution in [0, 0.1) is 6.92 Å². The molecule has 0 fully saturated rings. The smallest absolute Gasteiger partial charge is 0.406 e. The maximum Gasteiger partial charge on any atom is 0.573 e. The summed E-state index contributed by atoms with van der Waals surface area (Å²) in [7, 11) is 0. The van der Waals surface area contributed by atoms with Crippen molar-refractivity contribution in [2.24, 2.45) is 0 Å². The molecule has 1 aromatic heterocycles. The Morgan fingerprint density at radius 1 is 1.08 bits per heavy atom. The third kappa shape index (κ3) is 4.25. The van der Waals surface area contributed by atoms with Crippen molar-refractivity contribution in [3.63, 3.8) is 0 Å². The van der Waals surface area contributed by atoms with E-state index in [1.165, 1.54) is 12.1 Å². The molecule has 3 aromatic rings. The quantitative estimate of drug-likeness (QED) is 0.593. The lowest BCUT2D eigenvalue weighted by Gasteiger charge is -2.17. The topological polar surface area (TPSA) is 34.1 Å². The van der Waals surface area contributed by atoms with Gasteiger partial charge in [-0.25, -0.2) is 4.98 Å². The summed E-state index contributed by atoms with van der Waals surface area (Å²) in [5, 5.41) is 4.29. The van der Waals surface area contributed by atoms with Crippen LogP contribution in [0.5, 0.6) is 5.75 Å². The second-order valence-corrected chi connectivity index (χ2v) is 6.09. The Labute approximate surface area is 149 Å². The highest BCUT2D eigenvalue weighted by Crippen LogP contribution is 2.33. The number of rotatable bonds is 5. The van der Waals surface area contributed by atoms with Crippen molar-refractivity contribution in [1.82, 2.24) is 4.98 Å². The summed E-state index contributed by atoms with van der Waals surface area (Å²) in [5.41, 5.74) is 3.06. The lowest BCUT2D eigenvalue weighted by atomic mass is 10.0. The van der Waals surface area contributed by atoms with Gasteiger partial charge in [-0.05, 0) is 54.8 Å². The highest BCUT2D eigenvalue weighted by molar-refractivity contribution is 5.81. The summed E-state index contributed by atoms with van der Waals surface area (Å²) in [6.07, 6.45) is -3.27. The van der Waals surface area contributed by atoms with Gasteiger partial charge in [-0.15, -0.1) is 13.2 Å². The molecular weight excluding hydrogens is 341 g/mol. The van der Waals surface area contributed by atoms with E-state index in [9.17, 15) is 13.2 Å². The molecule has 0 saturated carbocycles. The molecule has 26 heavy (non-hydrogen) atoms. The number of pyridine rings is 1. The predicted octanol–water partition coefficient (Wildman–Crippen LogP) is 6.14. The first-order valence-electron chi connectivity index (χ1n) is 8.38. The third-order valence-electron chi connectivity index (χ3n) is 4.00. The van der Waals surface area contributed by atoms with Gasteiger partial charge in [0.1, 0.15) is 11.6 Å². The van der Waals surface area contributed by atoms with Crippen molar-refractivity contribution in [2.45, 2.75) is 33.1 Å². The van der Waals surface area contributed by atoms with Crippen molar-refractivity contribution in [3.8, 4) is 5.75 Å². The zero-order valence-electron chi connectivity index (χ0n) is 14.5. The first kappa shape index (κ1) is 18.0. The number of halogens is 3. The normalized spacial score (nSPS) is 11.6. The predicted molar refractivity (Wildman–Crippen MR) is 96.9 cm³/mol. The molecule has 0 saturated heterocycles. The Morgan fingerprint density at radius 2 is 1.85 bits per heavy atom. The van der Waals surface area contributed by atoms with E-state index < -0.39 is 6.36 Å². The number of alkyl halides is 3. The minimum Gasteiger partial charge on any atom is -0.406 e. The first-order chi connectivity index (χ1) is 12.4. The van der Waals surface area contributed by atoms with Crippen LogP contribution in [0.15, 0.2) is 48.5 Å². The summed E-state index contributed by atoms with van der Waals surface area (Å²) in [6, 6.07) is 14.4. The van der Waals surface area contributed by atoms with Gasteiger partial charge in [0.05, 0.1) is 5.52 Å². The van der Waals surface area contributed by atoms with Gasteiger partial charge in [0.2, 0.25) is 0 Å². The first-order valence-corrected chi connectivity index (χ1v) is 8.38. The Balaban J connectivity index is 1.96. The second kappa shape index (κ2) is 7.23. The maximum absolute atomic E-state index is 12.5. The molecule has 6 heteroatoms. The Kier molecular flexibility index (Phi) is 5.02. The number of para-hydroxylation sites is 1. The lowest BCUT2D eigenvalue weighted by Crippen LogP contribution is -2.17. The summed E-state index contributed by atoms with van der Waals surface area (Å²) < 4.78 is 41.7. The van der Waals surface area contributed by atoms with Crippen LogP contribution in [0.4, 0.5) is 24.7 Å². The van der Waals surface area contributed by atoms with E-state index >= 15 is 0 Å². The van der Waals surface area contributed by atoms with Gasteiger partial charge in [0, 0.05) is 11.1 Å². The van der Waals surface area contributed by atoms with Crippen molar-refractivity contribution >= 4 is 22.4 Å². The standard InChI is InChI=1S/C20H19F3N2O/c1-3-6-15-12-16(26-20(21,22)23)11-13(2)19(15)25-18-10-9-14-7-4-5-8-17(14)24-18/h4-5,7-12H,3,6H2,1-2H3,(H,24,25). The average Bonchev–Trinajstić information content (AvgIpc) is 2.56. The van der Waals surface area contributed by atoms with Gasteiger partial charge < -0.3 is 10.1 Å². The van der Waals surface area contributed by atoms with E-state index in [2.05, 4.69) is 15.0 Å². The van der Waals surface area contributed by atoms with Crippen LogP contribution in [0.3, 0.4) is 0 Å². The molecule has 3 rings (SSSR count). The van der Waals surface area contributed by atoms with E-state index in [-0.39, 0.29) is 5.75 Å². The fourth-order valence-corrected chi connectivity index (χ4v) is 2.93. The molecular formula is C20H19F3N2O. The van der Waals surface area contributed by atoms with Crippen LogP contribution in [0.1, 0.15) is 24.5 Å². The molecule has 0 bridgehead atoms. The number of nitrogens with zero attached hydrogens (tertiary/aromatic N) is 1. The summed E-state index contributed by atoms with van der Waals surface area (Å²) in [4.78, 5) is 4.57. The lowest BCUT2D eigenvalue weighted by molar-refractivity contribution is -0.274. The molecule has 0 aliphatic carbocycles. The van der Waals surface area contributed by atoms with Crippen molar-refractivity contribution in [2.75, 3.05) is 5.32 Å². The number of hydrogen-bond acceptors (Lipinski definition) is 3. The number of benzene rings is 2. The molecule has 3 nitrogen and oxygen atoms in total. The maximum atomic E-state index is 12.5. The number of ether oxygens (including phenoxy) is 1. The monoisotopic (exact) mass is 360 g/mol. The number of hydrogen-bond donors (Lipinski definition) is 1. The van der Waals surface area contributed by atoms with Crippen molar-refractivity contribution in [3.05, 3.63) is 59.7 Å². The van der Waals surface area contributed by atoms with Crippen LogP contribution >= 0.6 is 0 Å². The molecule has 0 radical (unpaired) electrons. The van der Waals surface area contributed by atoms with Crippen LogP contribution in [0.25, 0.3) is 10.9 Å². The molecule has 0 aliphatic heterocycles. The number of nitrogens with one attached hydrogen (secondary N) is 1. The SMILES string of the molecule is CCCc1cc(OC(F)(F)F)cc(C)c1Nc1ccc2ccccc2n1. The van der Waals surface area contributed by atoms with Crippen LogP contribution < -0.4 is 10.1 Å². The minimum atomic E-state index is -4.70. The van der Waals surface area contributed by atoms with E-state index in [4.69, 9.17) is 0 Å². The minimum absolute atomic E-state index is 0.199. The number of anilines is 2. The number of aryl methyl sites for hydroxylation is 2. The summed E-state index contributed by atoms with van der Waals surface area (Å²) >= 11 is 0. The zero-order valence-corrected chi connectivity index (χ0v) is 14.5. The van der Waals surface area contributed by atoms with Gasteiger partial charge in [0.15, 0.2) is 0 Å². The molecule has 0 aliphatic rings. The Bertz CT molecular complexity index is 923. The van der Waals surface area contributed by atoms with Gasteiger partial charge >= 0.3 is 6.36 Å². The third-order valence-corrected chi connectivity index (χ3v) is 4.00. The fourth-order valence-electron chi connectivity index (χ4n) is 2.93. The zero-order chi connectivity index (χ0) is 18.7. The fraction of sp³-hybridized carbons (Fsp3) is 0.250. The van der Waals surface area contributed by atoms with Gasteiger partial charge in [0.25, 0.3) is 0 Å². The average molecular weight is 360 g/mol. The van der Waals surface area contributed by atoms with E-state index in [1.807, 2.05) is 43.3 Å². The molecule has 0 spiro atoms. The van der Waals surface area contributed by atoms with Gasteiger partial charge in [-0.2, -0.15) is 0 Å². The molecule has 2 aromatic carbocycles. The number of fused-ring (bicyclic) bond motifs is 1. The van der Waals surface area contributed by atoms with Crippen LogP contribution in [-0.4, -0.2) is 11.3 Å². The summed E-state index contributed by atoms with van der Waals surface area (Å²) in [5.74, 6) is 0.448. The number of aromatic nitrogens is 1.